The van der Waals surface area contributed by atoms with Gasteiger partial charge >= 0.3 is 0 Å². The molecule has 0 amide bonds. The molecule has 8 aromatic rings. The van der Waals surface area contributed by atoms with E-state index in [1.807, 2.05) is 36.4 Å². The number of para-hydroxylation sites is 2. The summed E-state index contributed by atoms with van der Waals surface area (Å²) in [6.07, 6.45) is 0. The summed E-state index contributed by atoms with van der Waals surface area (Å²) in [7, 11) is 0. The van der Waals surface area contributed by atoms with Gasteiger partial charge in [0.2, 0.25) is 0 Å². The van der Waals surface area contributed by atoms with Gasteiger partial charge in [-0.1, -0.05) is 105 Å². The average molecular weight is 638 g/mol. The van der Waals surface area contributed by atoms with Gasteiger partial charge in [0.05, 0.1) is 0 Å². The van der Waals surface area contributed by atoms with E-state index in [9.17, 15) is 0 Å². The smallest absolute Gasteiger partial charge is 0.135 e. The molecule has 0 atom stereocenters. The third-order valence-corrected chi connectivity index (χ3v) is 10.7. The molecule has 0 saturated carbocycles. The maximum absolute atomic E-state index is 6.26. The van der Waals surface area contributed by atoms with Crippen molar-refractivity contribution < 1.29 is 8.83 Å². The van der Waals surface area contributed by atoms with Crippen molar-refractivity contribution in [3.05, 3.63) is 141 Å². The summed E-state index contributed by atoms with van der Waals surface area (Å²) in [4.78, 5) is 0. The Morgan fingerprint density at radius 2 is 1.00 bits per heavy atom. The van der Waals surface area contributed by atoms with Gasteiger partial charge in [-0.05, 0) is 99.1 Å². The van der Waals surface area contributed by atoms with Gasteiger partial charge in [0.15, 0.2) is 0 Å². The zero-order valence-corrected chi connectivity index (χ0v) is 27.5. The van der Waals surface area contributed by atoms with Gasteiger partial charge in [-0.25, -0.2) is 0 Å². The third-order valence-electron chi connectivity index (χ3n) is 10.2. The third kappa shape index (κ3) is 3.78. The van der Waals surface area contributed by atoms with Gasteiger partial charge < -0.3 is 8.83 Å². The van der Waals surface area contributed by atoms with Crippen LogP contribution in [0.15, 0.2) is 118 Å². The molecule has 0 fully saturated rings. The predicted octanol–water partition coefficient (Wildman–Crippen LogP) is 13.1. The van der Waals surface area contributed by atoms with E-state index in [1.165, 1.54) is 66.1 Å². The number of hydrogen-bond acceptors (Lipinski definition) is 2. The molecule has 46 heavy (non-hydrogen) atoms. The second kappa shape index (κ2) is 9.51. The summed E-state index contributed by atoms with van der Waals surface area (Å²) in [6.45, 7) is 9.10. The van der Waals surface area contributed by atoms with Crippen molar-refractivity contribution in [1.29, 1.82) is 0 Å². The first-order valence-electron chi connectivity index (χ1n) is 15.6. The number of fused-ring (bicyclic) bond motifs is 13. The monoisotopic (exact) mass is 636 g/mol. The van der Waals surface area contributed by atoms with E-state index in [0.717, 1.165) is 32.4 Å². The van der Waals surface area contributed by atoms with E-state index in [4.69, 9.17) is 32.0 Å². The Labute approximate surface area is 277 Å². The second-order valence-corrected chi connectivity index (χ2v) is 14.5. The maximum atomic E-state index is 6.26. The highest BCUT2D eigenvalue weighted by Crippen LogP contribution is 2.54. The molecule has 0 unspecified atom stereocenters. The van der Waals surface area contributed by atoms with Gasteiger partial charge in [-0.2, -0.15) is 0 Å². The molecule has 2 heterocycles. The maximum Gasteiger partial charge on any atom is 0.135 e. The Hall–Kier alpha value is -4.50. The summed E-state index contributed by atoms with van der Waals surface area (Å²) in [5, 5.41) is 6.32. The Morgan fingerprint density at radius 3 is 1.72 bits per heavy atom. The van der Waals surface area contributed by atoms with Crippen LogP contribution < -0.4 is 0 Å². The fourth-order valence-electron chi connectivity index (χ4n) is 8.05. The molecule has 4 heteroatoms. The number of benzene rings is 6. The highest BCUT2D eigenvalue weighted by atomic mass is 35.5. The molecule has 0 saturated heterocycles. The van der Waals surface area contributed by atoms with E-state index < -0.39 is 0 Å². The topological polar surface area (TPSA) is 26.3 Å². The van der Waals surface area contributed by atoms with E-state index in [2.05, 4.69) is 100 Å². The zero-order chi connectivity index (χ0) is 31.5. The van der Waals surface area contributed by atoms with Crippen molar-refractivity contribution in [3.8, 4) is 22.3 Å². The molecule has 2 aliphatic carbocycles. The zero-order valence-electron chi connectivity index (χ0n) is 26.0. The van der Waals surface area contributed by atoms with E-state index in [-0.39, 0.29) is 10.8 Å². The fraction of sp³-hybridized carbons (Fsp3) is 0.143. The minimum atomic E-state index is -0.0680. The van der Waals surface area contributed by atoms with Gasteiger partial charge in [0.1, 0.15) is 22.3 Å². The molecular formula is C42H30Cl2O2. The van der Waals surface area contributed by atoms with Crippen molar-refractivity contribution in [2.24, 2.45) is 0 Å². The molecule has 224 valence electrons. The molecule has 0 radical (unpaired) electrons. The van der Waals surface area contributed by atoms with Gasteiger partial charge in [-0.15, -0.1) is 0 Å². The SMILES string of the molecule is CC1(C)c2ccc(Cl)cc2-c2cc3c(cc21)oc1ccccc13.CC1(C)c2ccc(Cl)cc2-c2ccc3oc4ccccc4c3c21. The van der Waals surface area contributed by atoms with E-state index >= 15 is 0 Å². The number of rotatable bonds is 0. The molecule has 0 N–H and O–H groups in total. The average Bonchev–Trinajstić information content (AvgIpc) is 3.72. The summed E-state index contributed by atoms with van der Waals surface area (Å²) < 4.78 is 12.1. The van der Waals surface area contributed by atoms with Crippen LogP contribution in [0.25, 0.3) is 66.1 Å². The van der Waals surface area contributed by atoms with Crippen molar-refractivity contribution >= 4 is 67.1 Å². The van der Waals surface area contributed by atoms with Crippen LogP contribution in [0, 0.1) is 0 Å². The Kier molecular flexibility index (Phi) is 5.75. The van der Waals surface area contributed by atoms with Gasteiger partial charge in [0, 0.05) is 42.4 Å². The summed E-state index contributed by atoms with van der Waals surface area (Å²) >= 11 is 12.5. The lowest BCUT2D eigenvalue weighted by Crippen LogP contribution is -2.15. The van der Waals surface area contributed by atoms with Crippen LogP contribution in [0.3, 0.4) is 0 Å². The number of furan rings is 2. The number of hydrogen-bond donors (Lipinski definition) is 0. The summed E-state index contributed by atoms with van der Waals surface area (Å²) in [5.41, 5.74) is 14.0. The molecule has 0 bridgehead atoms. The quantitative estimate of drug-likeness (QED) is 0.165. The van der Waals surface area contributed by atoms with Gasteiger partial charge in [-0.3, -0.25) is 0 Å². The molecule has 0 aliphatic heterocycles. The molecule has 10 rings (SSSR count). The highest BCUT2D eigenvalue weighted by molar-refractivity contribution is 6.31. The minimum Gasteiger partial charge on any atom is -0.456 e. The molecular weight excluding hydrogens is 607 g/mol. The predicted molar refractivity (Wildman–Crippen MR) is 193 cm³/mol. The molecule has 2 nitrogen and oxygen atoms in total. The Bertz CT molecular complexity index is 2550. The lowest BCUT2D eigenvalue weighted by molar-refractivity contribution is 0.647. The normalized spacial score (nSPS) is 15.1. The van der Waals surface area contributed by atoms with Crippen LogP contribution >= 0.6 is 23.2 Å². The Morgan fingerprint density at radius 1 is 0.435 bits per heavy atom. The van der Waals surface area contributed by atoms with Crippen LogP contribution in [0.1, 0.15) is 49.9 Å². The lowest BCUT2D eigenvalue weighted by Gasteiger charge is -2.22. The van der Waals surface area contributed by atoms with E-state index in [0.29, 0.717) is 0 Å². The molecule has 0 spiro atoms. The second-order valence-electron chi connectivity index (χ2n) is 13.6. The largest absolute Gasteiger partial charge is 0.456 e. The van der Waals surface area contributed by atoms with Crippen molar-refractivity contribution in [2.45, 2.75) is 38.5 Å². The van der Waals surface area contributed by atoms with Crippen molar-refractivity contribution in [2.75, 3.05) is 0 Å². The Balaban J connectivity index is 0.000000127. The molecule has 2 aliphatic rings. The van der Waals surface area contributed by atoms with Gasteiger partial charge in [0.25, 0.3) is 0 Å². The van der Waals surface area contributed by atoms with Crippen LogP contribution in [0.4, 0.5) is 0 Å². The summed E-state index contributed by atoms with van der Waals surface area (Å²) in [5.74, 6) is 0. The first-order valence-corrected chi connectivity index (χ1v) is 16.4. The highest BCUT2D eigenvalue weighted by Gasteiger charge is 2.38. The van der Waals surface area contributed by atoms with Crippen LogP contribution in [0.2, 0.25) is 10.0 Å². The fourth-order valence-corrected chi connectivity index (χ4v) is 8.39. The molecule has 6 aromatic carbocycles. The first-order chi connectivity index (χ1) is 22.1. The molecule has 2 aromatic heterocycles. The summed E-state index contributed by atoms with van der Waals surface area (Å²) in [6, 6.07) is 37.6. The number of halogens is 2. The van der Waals surface area contributed by atoms with Crippen molar-refractivity contribution in [3.63, 3.8) is 0 Å². The van der Waals surface area contributed by atoms with Crippen LogP contribution in [-0.2, 0) is 10.8 Å². The first kappa shape index (κ1) is 27.8. The van der Waals surface area contributed by atoms with Crippen LogP contribution in [-0.4, -0.2) is 0 Å². The van der Waals surface area contributed by atoms with Crippen molar-refractivity contribution in [1.82, 2.24) is 0 Å². The standard InChI is InChI=1S/2C21H15ClO/c1-21(2)16-9-7-12(22)11-15(16)13-8-10-18-19(20(13)21)14-5-3-4-6-17(14)23-18;1-21(2)17-8-7-12(22)9-14(17)15-10-16-13-5-3-4-6-19(13)23-20(16)11-18(15)21/h2*3-11H,1-2H3. The van der Waals surface area contributed by atoms with Crippen LogP contribution in [0.5, 0.6) is 0 Å². The van der Waals surface area contributed by atoms with E-state index in [1.54, 1.807) is 0 Å². The minimum absolute atomic E-state index is 0.0393. The lowest BCUT2D eigenvalue weighted by atomic mass is 9.80.